The summed E-state index contributed by atoms with van der Waals surface area (Å²) in [7, 11) is -1.08. The maximum Gasteiger partial charge on any atom is 0.324 e. The predicted molar refractivity (Wildman–Crippen MR) is 112 cm³/mol. The van der Waals surface area contributed by atoms with Crippen molar-refractivity contribution in [3.8, 4) is 11.5 Å². The van der Waals surface area contributed by atoms with E-state index in [-0.39, 0.29) is 41.6 Å². The van der Waals surface area contributed by atoms with Crippen molar-refractivity contribution in [1.29, 1.82) is 0 Å². The Bertz CT molecular complexity index is 1230. The minimum Gasteiger partial charge on any atom is -0.415 e. The van der Waals surface area contributed by atoms with Crippen LogP contribution in [0.1, 0.15) is 17.9 Å². The van der Waals surface area contributed by atoms with Crippen LogP contribution in [0.15, 0.2) is 40.8 Å². The van der Waals surface area contributed by atoms with E-state index in [1.165, 1.54) is 17.0 Å². The van der Waals surface area contributed by atoms with Gasteiger partial charge in [-0.3, -0.25) is 9.11 Å². The standard InChI is InChI=1S/C21H17F5N4O3S/c22-14-3-4-15(23)17(10-14)30(21(31)29-5-7-34(32)8-6-29)11-13-2-1-12(9-16(13)24)19-27-28-20(33-19)18(25)26/h1-4,9-10,18H,5-8,11H2. The second-order valence-electron chi connectivity index (χ2n) is 7.35. The molecular weight excluding hydrogens is 483 g/mol. The average Bonchev–Trinajstić information content (AvgIpc) is 3.31. The van der Waals surface area contributed by atoms with Crippen LogP contribution in [0.5, 0.6) is 0 Å². The van der Waals surface area contributed by atoms with Crippen molar-refractivity contribution in [2.24, 2.45) is 0 Å². The highest BCUT2D eigenvalue weighted by Crippen LogP contribution is 2.28. The topological polar surface area (TPSA) is 79.5 Å². The van der Waals surface area contributed by atoms with Gasteiger partial charge < -0.3 is 9.32 Å². The third-order valence-electron chi connectivity index (χ3n) is 5.13. The molecule has 0 spiro atoms. The zero-order valence-corrected chi connectivity index (χ0v) is 18.2. The summed E-state index contributed by atoms with van der Waals surface area (Å²) in [6.45, 7) is -0.176. The zero-order chi connectivity index (χ0) is 24.4. The van der Waals surface area contributed by atoms with Gasteiger partial charge in [-0.2, -0.15) is 8.78 Å². The summed E-state index contributed by atoms with van der Waals surface area (Å²) < 4.78 is 85.1. The first kappa shape index (κ1) is 23.8. The number of nitrogens with zero attached hydrogens (tertiary/aromatic N) is 4. The first-order valence-electron chi connectivity index (χ1n) is 9.99. The normalized spacial score (nSPS) is 14.6. The van der Waals surface area contributed by atoms with E-state index >= 15 is 0 Å². The highest BCUT2D eigenvalue weighted by Gasteiger charge is 2.29. The summed E-state index contributed by atoms with van der Waals surface area (Å²) in [5.74, 6) is -3.32. The number of carbonyl (C=O) groups excluding carboxylic acids is 1. The lowest BCUT2D eigenvalue weighted by atomic mass is 10.1. The van der Waals surface area contributed by atoms with Crippen molar-refractivity contribution in [2.75, 3.05) is 29.5 Å². The summed E-state index contributed by atoms with van der Waals surface area (Å²) >= 11 is 0. The van der Waals surface area contributed by atoms with Gasteiger partial charge in [-0.25, -0.2) is 18.0 Å². The van der Waals surface area contributed by atoms with Gasteiger partial charge in [0.05, 0.1) is 12.2 Å². The Morgan fingerprint density at radius 1 is 1.06 bits per heavy atom. The maximum atomic E-state index is 14.9. The molecule has 2 heterocycles. The molecule has 0 N–H and O–H groups in total. The molecule has 2 amide bonds. The van der Waals surface area contributed by atoms with E-state index in [1.807, 2.05) is 0 Å². The number of benzene rings is 2. The van der Waals surface area contributed by atoms with Gasteiger partial charge in [0.25, 0.3) is 5.89 Å². The highest BCUT2D eigenvalue weighted by atomic mass is 32.2. The average molecular weight is 500 g/mol. The Balaban J connectivity index is 1.65. The molecule has 1 aliphatic heterocycles. The molecule has 0 bridgehead atoms. The molecule has 4 rings (SSSR count). The Hall–Kier alpha value is -3.35. The van der Waals surface area contributed by atoms with E-state index in [0.29, 0.717) is 0 Å². The van der Waals surface area contributed by atoms with E-state index < -0.39 is 58.8 Å². The maximum absolute atomic E-state index is 14.9. The van der Waals surface area contributed by atoms with Crippen LogP contribution >= 0.6 is 0 Å². The molecule has 2 aromatic carbocycles. The van der Waals surface area contributed by atoms with Crippen LogP contribution in [0, 0.1) is 17.5 Å². The highest BCUT2D eigenvalue weighted by molar-refractivity contribution is 7.85. The number of amides is 2. The fourth-order valence-corrected chi connectivity index (χ4v) is 4.42. The largest absolute Gasteiger partial charge is 0.415 e. The SMILES string of the molecule is O=C(N1CCS(=O)CC1)N(Cc1ccc(-c2nnc(C(F)F)o2)cc1F)c1cc(F)ccc1F. The van der Waals surface area contributed by atoms with Crippen LogP contribution < -0.4 is 4.90 Å². The molecule has 1 fully saturated rings. The Labute approximate surface area is 192 Å². The van der Waals surface area contributed by atoms with Crippen molar-refractivity contribution < 1.29 is 35.4 Å². The third-order valence-corrected chi connectivity index (χ3v) is 6.41. The number of aromatic nitrogens is 2. The molecule has 7 nitrogen and oxygen atoms in total. The van der Waals surface area contributed by atoms with Gasteiger partial charge in [0.2, 0.25) is 5.89 Å². The van der Waals surface area contributed by atoms with E-state index in [1.54, 1.807) is 0 Å². The summed E-state index contributed by atoms with van der Waals surface area (Å²) in [6, 6.07) is 5.38. The first-order chi connectivity index (χ1) is 16.2. The smallest absolute Gasteiger partial charge is 0.324 e. The summed E-state index contributed by atoms with van der Waals surface area (Å²) in [6.07, 6.45) is -2.99. The molecule has 0 radical (unpaired) electrons. The van der Waals surface area contributed by atoms with Crippen LogP contribution in [-0.4, -0.2) is 49.9 Å². The lowest BCUT2D eigenvalue weighted by Gasteiger charge is -2.33. The van der Waals surface area contributed by atoms with Gasteiger partial charge in [-0.15, -0.1) is 10.2 Å². The number of anilines is 1. The molecule has 0 unspecified atom stereocenters. The number of halogens is 5. The van der Waals surface area contributed by atoms with Crippen LogP contribution in [0.4, 0.5) is 32.4 Å². The zero-order valence-electron chi connectivity index (χ0n) is 17.4. The van der Waals surface area contributed by atoms with Crippen molar-refractivity contribution in [3.63, 3.8) is 0 Å². The number of urea groups is 1. The molecule has 3 aromatic rings. The monoisotopic (exact) mass is 500 g/mol. The van der Waals surface area contributed by atoms with Crippen molar-refractivity contribution in [3.05, 3.63) is 65.3 Å². The van der Waals surface area contributed by atoms with Crippen LogP contribution in [0.2, 0.25) is 0 Å². The van der Waals surface area contributed by atoms with Gasteiger partial charge in [0.1, 0.15) is 17.5 Å². The fourth-order valence-electron chi connectivity index (χ4n) is 3.37. The third kappa shape index (κ3) is 5.08. The van der Waals surface area contributed by atoms with Gasteiger partial charge in [0.15, 0.2) is 0 Å². The minimum absolute atomic E-state index is 0.0222. The summed E-state index contributed by atoms with van der Waals surface area (Å²) in [4.78, 5) is 15.4. The number of hydrogen-bond donors (Lipinski definition) is 0. The van der Waals surface area contributed by atoms with E-state index in [9.17, 15) is 31.0 Å². The molecule has 0 aliphatic carbocycles. The molecular formula is C21H17F5N4O3S. The van der Waals surface area contributed by atoms with Gasteiger partial charge in [-0.1, -0.05) is 6.07 Å². The molecule has 13 heteroatoms. The van der Waals surface area contributed by atoms with Crippen molar-refractivity contribution in [1.82, 2.24) is 15.1 Å². The van der Waals surface area contributed by atoms with Gasteiger partial charge >= 0.3 is 12.5 Å². The van der Waals surface area contributed by atoms with Crippen LogP contribution in [-0.2, 0) is 17.3 Å². The molecule has 34 heavy (non-hydrogen) atoms. The lowest BCUT2D eigenvalue weighted by Crippen LogP contribution is -2.49. The Kier molecular flexibility index (Phi) is 6.91. The minimum atomic E-state index is -2.99. The first-order valence-corrected chi connectivity index (χ1v) is 11.5. The summed E-state index contributed by atoms with van der Waals surface area (Å²) in [5.41, 5.74) is -0.428. The van der Waals surface area contributed by atoms with E-state index in [2.05, 4.69) is 10.2 Å². The quantitative estimate of drug-likeness (QED) is 0.489. The van der Waals surface area contributed by atoms with E-state index in [0.717, 1.165) is 29.2 Å². The number of rotatable bonds is 5. The molecule has 180 valence electrons. The lowest BCUT2D eigenvalue weighted by molar-refractivity contribution is 0.116. The summed E-state index contributed by atoms with van der Waals surface area (Å²) in [5, 5.41) is 6.64. The predicted octanol–water partition coefficient (Wildman–Crippen LogP) is 4.28. The van der Waals surface area contributed by atoms with Crippen molar-refractivity contribution >= 4 is 22.5 Å². The van der Waals surface area contributed by atoms with Gasteiger partial charge in [-0.05, 0) is 24.3 Å². The number of hydrogen-bond acceptors (Lipinski definition) is 5. The number of alkyl halides is 2. The molecule has 0 atom stereocenters. The Morgan fingerprint density at radius 3 is 2.44 bits per heavy atom. The van der Waals surface area contributed by atoms with Gasteiger partial charge in [0, 0.05) is 52.6 Å². The second kappa shape index (κ2) is 9.87. The molecule has 0 saturated carbocycles. The van der Waals surface area contributed by atoms with Crippen LogP contribution in [0.3, 0.4) is 0 Å². The van der Waals surface area contributed by atoms with Crippen molar-refractivity contribution in [2.45, 2.75) is 13.0 Å². The Morgan fingerprint density at radius 2 is 1.79 bits per heavy atom. The molecule has 1 aromatic heterocycles. The fraction of sp³-hybridized carbons (Fsp3) is 0.286. The molecule has 1 saturated heterocycles. The number of carbonyl (C=O) groups is 1. The van der Waals surface area contributed by atoms with E-state index in [4.69, 9.17) is 4.42 Å². The second-order valence-corrected chi connectivity index (χ2v) is 9.05. The molecule has 1 aliphatic rings. The van der Waals surface area contributed by atoms with Crippen LogP contribution in [0.25, 0.3) is 11.5 Å².